The van der Waals surface area contributed by atoms with Crippen LogP contribution in [0.3, 0.4) is 0 Å². The molecule has 3 aliphatic rings. The molecule has 0 saturated carbocycles. The Kier molecular flexibility index (Phi) is 16.8. The third-order valence-corrected chi connectivity index (χ3v) is 12.7. The van der Waals surface area contributed by atoms with Gasteiger partial charge in [-0.2, -0.15) is 0 Å². The topological polar surface area (TPSA) is 223 Å². The van der Waals surface area contributed by atoms with Crippen molar-refractivity contribution in [1.82, 2.24) is 4.90 Å². The monoisotopic (exact) mass is 779 g/mol. The number of aliphatic hydroxyl groups excluding tert-OH is 4. The minimum atomic E-state index is -1.94. The molecule has 1 unspecified atom stereocenters. The molecular formula is C39H74N2O13. The van der Waals surface area contributed by atoms with Crippen LogP contribution in [-0.4, -0.2) is 159 Å². The van der Waals surface area contributed by atoms with Crippen LogP contribution in [0.5, 0.6) is 0 Å². The molecule has 0 aromatic rings. The van der Waals surface area contributed by atoms with Crippen LogP contribution in [0, 0.1) is 23.7 Å². The van der Waals surface area contributed by atoms with E-state index in [1.54, 1.807) is 55.4 Å². The number of nitrogens with zero attached hydrogens (tertiary/aromatic N) is 1. The number of hydrogen-bond donors (Lipinski definition) is 7. The summed E-state index contributed by atoms with van der Waals surface area (Å²) >= 11 is 0. The normalized spacial score (nSPS) is 49.0. The molecule has 3 rings (SSSR count). The first-order valence-corrected chi connectivity index (χ1v) is 19.9. The summed E-state index contributed by atoms with van der Waals surface area (Å²) in [4.78, 5) is 16.2. The maximum absolute atomic E-state index is 14.2. The van der Waals surface area contributed by atoms with Gasteiger partial charge in [0.1, 0.15) is 23.9 Å². The Balaban J connectivity index is 2.17. The number of nitrogens with two attached hydrogens (primary N) is 1. The van der Waals surface area contributed by atoms with E-state index in [4.69, 9.17) is 34.2 Å². The van der Waals surface area contributed by atoms with Gasteiger partial charge in [0.05, 0.1) is 53.7 Å². The van der Waals surface area contributed by atoms with Crippen LogP contribution in [-0.2, 0) is 33.2 Å². The molecule has 54 heavy (non-hydrogen) atoms. The molecule has 15 nitrogen and oxygen atoms in total. The number of carbonyl (C=O) groups is 1. The Labute approximate surface area is 322 Å². The highest BCUT2D eigenvalue weighted by atomic mass is 16.7. The third-order valence-electron chi connectivity index (χ3n) is 12.7. The Hall–Kier alpha value is -1.05. The minimum absolute atomic E-state index is 0.0474. The summed E-state index contributed by atoms with van der Waals surface area (Å²) in [6, 6.07) is -0.345. The maximum Gasteiger partial charge on any atom is 0.311 e. The van der Waals surface area contributed by atoms with Crippen molar-refractivity contribution in [3.63, 3.8) is 0 Å². The summed E-state index contributed by atoms with van der Waals surface area (Å²) in [5.74, 6) is -4.17. The van der Waals surface area contributed by atoms with Crippen molar-refractivity contribution in [3.8, 4) is 0 Å². The van der Waals surface area contributed by atoms with E-state index >= 15 is 0 Å². The van der Waals surface area contributed by atoms with E-state index in [-0.39, 0.29) is 31.4 Å². The predicted molar refractivity (Wildman–Crippen MR) is 200 cm³/mol. The lowest BCUT2D eigenvalue weighted by molar-refractivity contribution is -0.318. The van der Waals surface area contributed by atoms with Crippen molar-refractivity contribution >= 4 is 5.97 Å². The van der Waals surface area contributed by atoms with Gasteiger partial charge < -0.3 is 69.7 Å². The van der Waals surface area contributed by atoms with Gasteiger partial charge in [0.2, 0.25) is 0 Å². The van der Waals surface area contributed by atoms with E-state index < -0.39 is 108 Å². The fourth-order valence-electron chi connectivity index (χ4n) is 9.02. The Morgan fingerprint density at radius 1 is 0.907 bits per heavy atom. The van der Waals surface area contributed by atoms with Gasteiger partial charge in [0.15, 0.2) is 12.6 Å². The molecule has 3 heterocycles. The van der Waals surface area contributed by atoms with Gasteiger partial charge in [-0.05, 0) is 93.3 Å². The minimum Gasteiger partial charge on any atom is -0.459 e. The molecule has 0 aliphatic carbocycles. The molecule has 3 fully saturated rings. The summed E-state index contributed by atoms with van der Waals surface area (Å²) in [6.07, 6.45) is -9.97. The first-order valence-electron chi connectivity index (χ1n) is 19.9. The fourth-order valence-corrected chi connectivity index (χ4v) is 9.02. The molecule has 0 amide bonds. The summed E-state index contributed by atoms with van der Waals surface area (Å²) in [6.45, 7) is 17.8. The summed E-state index contributed by atoms with van der Waals surface area (Å²) in [7, 11) is 3.40. The first kappa shape index (κ1) is 47.3. The molecule has 15 heteroatoms. The van der Waals surface area contributed by atoms with Gasteiger partial charge in [0, 0.05) is 31.4 Å². The lowest BCUT2D eigenvalue weighted by atomic mass is 9.73. The lowest BCUT2D eigenvalue weighted by Crippen LogP contribution is -2.61. The summed E-state index contributed by atoms with van der Waals surface area (Å²) in [5.41, 5.74) is 1.03. The van der Waals surface area contributed by atoms with E-state index in [0.717, 1.165) is 6.42 Å². The summed E-state index contributed by atoms with van der Waals surface area (Å²) in [5, 5.41) is 69.8. The Morgan fingerprint density at radius 2 is 1.54 bits per heavy atom. The Morgan fingerprint density at radius 3 is 2.11 bits per heavy atom. The van der Waals surface area contributed by atoms with Gasteiger partial charge in [-0.25, -0.2) is 0 Å². The highest BCUT2D eigenvalue weighted by molar-refractivity contribution is 5.73. The number of aliphatic hydroxyl groups is 6. The molecule has 0 radical (unpaired) electrons. The molecule has 19 atom stereocenters. The van der Waals surface area contributed by atoms with Crippen LogP contribution in [0.4, 0.5) is 0 Å². The molecule has 318 valence electrons. The average Bonchev–Trinajstić information content (AvgIpc) is 3.11. The Bertz CT molecular complexity index is 1180. The van der Waals surface area contributed by atoms with Crippen molar-refractivity contribution in [1.29, 1.82) is 0 Å². The van der Waals surface area contributed by atoms with Gasteiger partial charge >= 0.3 is 5.97 Å². The quantitative estimate of drug-likeness (QED) is 0.155. The molecular weight excluding hydrogens is 704 g/mol. The van der Waals surface area contributed by atoms with Crippen molar-refractivity contribution in [2.75, 3.05) is 27.2 Å². The van der Waals surface area contributed by atoms with Gasteiger partial charge in [-0.3, -0.25) is 4.79 Å². The predicted octanol–water partition coefficient (Wildman–Crippen LogP) is 1.30. The van der Waals surface area contributed by atoms with E-state index in [1.807, 2.05) is 18.9 Å². The maximum atomic E-state index is 14.2. The van der Waals surface area contributed by atoms with Gasteiger partial charge in [-0.1, -0.05) is 27.7 Å². The second-order valence-corrected chi connectivity index (χ2v) is 17.4. The van der Waals surface area contributed by atoms with Crippen molar-refractivity contribution in [2.45, 2.75) is 192 Å². The molecule has 3 saturated heterocycles. The zero-order valence-corrected chi connectivity index (χ0v) is 34.8. The lowest BCUT2D eigenvalue weighted by Gasteiger charge is -2.49. The number of hydrogen-bond acceptors (Lipinski definition) is 15. The highest BCUT2D eigenvalue weighted by Gasteiger charge is 2.53. The second-order valence-electron chi connectivity index (χ2n) is 17.4. The number of rotatable bonds is 10. The number of carbonyl (C=O) groups excluding carboxylic acids is 1. The molecule has 8 N–H and O–H groups in total. The van der Waals surface area contributed by atoms with E-state index in [9.17, 15) is 35.4 Å². The van der Waals surface area contributed by atoms with Crippen LogP contribution in [0.1, 0.15) is 101 Å². The number of cyclic esters (lactones) is 1. The largest absolute Gasteiger partial charge is 0.459 e. The van der Waals surface area contributed by atoms with Crippen LogP contribution < -0.4 is 5.73 Å². The van der Waals surface area contributed by atoms with E-state index in [2.05, 4.69) is 0 Å². The average molecular weight is 779 g/mol. The van der Waals surface area contributed by atoms with Crippen molar-refractivity contribution in [2.24, 2.45) is 29.4 Å². The molecule has 0 aromatic carbocycles. The smallest absolute Gasteiger partial charge is 0.311 e. The zero-order valence-electron chi connectivity index (χ0n) is 34.8. The van der Waals surface area contributed by atoms with Crippen LogP contribution in [0.2, 0.25) is 0 Å². The highest BCUT2D eigenvalue weighted by Crippen LogP contribution is 2.41. The van der Waals surface area contributed by atoms with Crippen LogP contribution in [0.15, 0.2) is 0 Å². The van der Waals surface area contributed by atoms with Gasteiger partial charge in [0.25, 0.3) is 0 Å². The fraction of sp³-hybridized carbons (Fsp3) is 0.974. The van der Waals surface area contributed by atoms with Gasteiger partial charge in [-0.15, -0.1) is 0 Å². The van der Waals surface area contributed by atoms with E-state index in [1.165, 1.54) is 14.0 Å². The zero-order chi connectivity index (χ0) is 41.1. The van der Waals surface area contributed by atoms with Crippen LogP contribution in [0.25, 0.3) is 0 Å². The number of likely N-dealkylation sites (N-methyl/N-ethyl adjacent to an activating group) is 1. The summed E-state index contributed by atoms with van der Waals surface area (Å²) < 4.78 is 37.4. The number of ether oxygens (including phenoxy) is 6. The second kappa shape index (κ2) is 19.1. The van der Waals surface area contributed by atoms with E-state index in [0.29, 0.717) is 19.5 Å². The molecule has 0 spiro atoms. The number of esters is 1. The van der Waals surface area contributed by atoms with Crippen LogP contribution >= 0.6 is 0 Å². The number of methoxy groups -OCH3 is 1. The van der Waals surface area contributed by atoms with Crippen molar-refractivity contribution < 1.29 is 63.9 Å². The molecule has 0 aromatic heterocycles. The van der Waals surface area contributed by atoms with Crippen molar-refractivity contribution in [3.05, 3.63) is 0 Å². The first-order chi connectivity index (χ1) is 25.0. The molecule has 0 bridgehead atoms. The SMILES string of the molecule is CC[C@H]1OC(=O)[C@H](C)[C@@H](O[C@H]2C[C@@](C)(OC)[C@@H](O)[C@H](C)O2)[C@H](C)[C@@H](O[C@@H]2O[C@H](C)C[C@H](N(C)CCCN)[C@H]2O)C(C)(O)C[C@@H](C)[C@H](O)[C@H](C)[C@@H](O)[C@]1(C)O. The molecule has 3 aliphatic heterocycles. The standard InChI is InChI=1S/C39H74N2O13/c1-13-27-39(10,48)32(44)22(4)29(42)20(2)18-37(8,47)34(54-36-30(43)26(17-21(3)50-36)41(11)16-14-15-40)23(5)31(24(6)35(46)52-27)53-28-19-38(9,49-12)33(45)25(7)51-28/h20-34,36,42-45,47-48H,13-19,40H2,1-12H3/t20-,21-,22+,23+,24-,25+,26+,27-,28+,29+,30-,31+,32-,33+,34-,36+,37?,38-,39-/m1/s1. The third kappa shape index (κ3) is 10.5.